The van der Waals surface area contributed by atoms with Gasteiger partial charge < -0.3 is 10.2 Å². The summed E-state index contributed by atoms with van der Waals surface area (Å²) in [7, 11) is 1.89. The molecule has 0 bridgehead atoms. The molecule has 1 amide bonds. The van der Waals surface area contributed by atoms with Gasteiger partial charge in [0.1, 0.15) is 11.9 Å². The van der Waals surface area contributed by atoms with Crippen molar-refractivity contribution in [3.8, 4) is 11.1 Å². The summed E-state index contributed by atoms with van der Waals surface area (Å²) in [5, 5.41) is 14.8. The topological polar surface area (TPSA) is 78.3 Å². The van der Waals surface area contributed by atoms with Crippen molar-refractivity contribution in [2.75, 3.05) is 17.3 Å². The molecule has 170 valence electrons. The number of hydrogen-bond acceptors (Lipinski definition) is 4. The van der Waals surface area contributed by atoms with Crippen LogP contribution in [-0.4, -0.2) is 45.0 Å². The van der Waals surface area contributed by atoms with E-state index in [1.165, 1.54) is 0 Å². The maximum absolute atomic E-state index is 15.6. The molecule has 10 heteroatoms. The standard InChI is InChI=1S/C23H21ClF2N6O/c1-31(12-3-2-4-12)22-20(26)19(24)18(15-10-27-29-21(15)22)11-5-6-32-13(7-11)8-17(30-32)28-23(33)14-9-16(14)25/h5-8,10,12,14,16H,2-4,9H2,1H3,(H,27,29)(H,28,30,33)/t14-,16+/m1/s1. The Morgan fingerprint density at radius 1 is 1.36 bits per heavy atom. The van der Waals surface area contributed by atoms with Gasteiger partial charge in [-0.1, -0.05) is 11.6 Å². The number of fused-ring (bicyclic) bond motifs is 2. The molecule has 7 nitrogen and oxygen atoms in total. The number of alkyl halides is 1. The number of nitrogens with zero attached hydrogens (tertiary/aromatic N) is 4. The highest BCUT2D eigenvalue weighted by molar-refractivity contribution is 6.36. The van der Waals surface area contributed by atoms with Crippen molar-refractivity contribution in [3.63, 3.8) is 0 Å². The fraction of sp³-hybridized carbons (Fsp3) is 0.348. The van der Waals surface area contributed by atoms with Gasteiger partial charge in [0.15, 0.2) is 11.6 Å². The molecule has 0 unspecified atom stereocenters. The Bertz CT molecular complexity index is 1410. The summed E-state index contributed by atoms with van der Waals surface area (Å²) in [6.07, 6.45) is 5.72. The molecule has 0 saturated heterocycles. The quantitative estimate of drug-likeness (QED) is 0.432. The number of aromatic nitrogens is 4. The van der Waals surface area contributed by atoms with Crippen LogP contribution >= 0.6 is 11.6 Å². The number of halogens is 3. The maximum atomic E-state index is 15.6. The molecule has 6 rings (SSSR count). The molecule has 4 aromatic rings. The van der Waals surface area contributed by atoms with Gasteiger partial charge in [0.25, 0.3) is 0 Å². The van der Waals surface area contributed by atoms with E-state index < -0.39 is 17.9 Å². The Morgan fingerprint density at radius 3 is 2.85 bits per heavy atom. The predicted octanol–water partition coefficient (Wildman–Crippen LogP) is 4.96. The highest BCUT2D eigenvalue weighted by atomic mass is 35.5. The number of carbonyl (C=O) groups is 1. The lowest BCUT2D eigenvalue weighted by Gasteiger charge is -2.37. The molecule has 0 radical (unpaired) electrons. The molecule has 2 fully saturated rings. The third kappa shape index (κ3) is 3.25. The van der Waals surface area contributed by atoms with E-state index in [1.807, 2.05) is 18.0 Å². The summed E-state index contributed by atoms with van der Waals surface area (Å²) in [5.74, 6) is -1.12. The van der Waals surface area contributed by atoms with Crippen LogP contribution in [0.5, 0.6) is 0 Å². The normalized spacial score (nSPS) is 20.2. The largest absolute Gasteiger partial charge is 0.367 e. The first-order valence-electron chi connectivity index (χ1n) is 10.9. The van der Waals surface area contributed by atoms with E-state index in [0.717, 1.165) is 24.6 Å². The second-order valence-corrected chi connectivity index (χ2v) is 9.25. The Kier molecular flexibility index (Phi) is 4.58. The smallest absolute Gasteiger partial charge is 0.231 e. The highest BCUT2D eigenvalue weighted by Crippen LogP contribution is 2.44. The maximum Gasteiger partial charge on any atom is 0.231 e. The summed E-state index contributed by atoms with van der Waals surface area (Å²) in [6.45, 7) is 0. The number of anilines is 2. The molecule has 2 saturated carbocycles. The summed E-state index contributed by atoms with van der Waals surface area (Å²) in [5.41, 5.74) is 2.95. The average Bonchev–Trinajstić information content (AvgIpc) is 3.11. The van der Waals surface area contributed by atoms with Gasteiger partial charge in [0.05, 0.1) is 28.2 Å². The van der Waals surface area contributed by atoms with Crippen LogP contribution in [0.1, 0.15) is 25.7 Å². The summed E-state index contributed by atoms with van der Waals surface area (Å²) >= 11 is 6.60. The predicted molar refractivity (Wildman–Crippen MR) is 123 cm³/mol. The van der Waals surface area contributed by atoms with Crippen LogP contribution in [-0.2, 0) is 4.79 Å². The summed E-state index contributed by atoms with van der Waals surface area (Å²) in [4.78, 5) is 14.0. The Labute approximate surface area is 192 Å². The van der Waals surface area contributed by atoms with Crippen molar-refractivity contribution in [3.05, 3.63) is 41.4 Å². The first-order valence-corrected chi connectivity index (χ1v) is 11.3. The lowest BCUT2D eigenvalue weighted by molar-refractivity contribution is -0.117. The van der Waals surface area contributed by atoms with Crippen molar-refractivity contribution in [1.29, 1.82) is 0 Å². The van der Waals surface area contributed by atoms with E-state index in [2.05, 4.69) is 20.6 Å². The monoisotopic (exact) mass is 470 g/mol. The molecule has 2 atom stereocenters. The zero-order valence-electron chi connectivity index (χ0n) is 17.8. The number of rotatable bonds is 5. The van der Waals surface area contributed by atoms with Crippen LogP contribution in [0.25, 0.3) is 27.5 Å². The molecule has 2 aliphatic carbocycles. The van der Waals surface area contributed by atoms with E-state index in [0.29, 0.717) is 33.7 Å². The van der Waals surface area contributed by atoms with Crippen molar-refractivity contribution in [2.45, 2.75) is 37.9 Å². The molecule has 0 aliphatic heterocycles. The molecular weight excluding hydrogens is 450 g/mol. The lowest BCUT2D eigenvalue weighted by atomic mass is 9.91. The average molecular weight is 471 g/mol. The molecule has 2 aliphatic rings. The van der Waals surface area contributed by atoms with E-state index in [-0.39, 0.29) is 23.4 Å². The van der Waals surface area contributed by atoms with Crippen LogP contribution in [0.2, 0.25) is 5.02 Å². The second-order valence-electron chi connectivity index (χ2n) is 8.87. The fourth-order valence-electron chi connectivity index (χ4n) is 4.53. The molecular formula is C23H21ClF2N6O. The van der Waals surface area contributed by atoms with Gasteiger partial charge in [-0.2, -0.15) is 10.2 Å². The van der Waals surface area contributed by atoms with Gasteiger partial charge in [-0.05, 0) is 43.4 Å². The van der Waals surface area contributed by atoms with Crippen molar-refractivity contribution in [1.82, 2.24) is 19.8 Å². The molecule has 2 N–H and O–H groups in total. The second kappa shape index (κ2) is 7.41. The molecule has 3 heterocycles. The number of H-pyrrole nitrogens is 1. The van der Waals surface area contributed by atoms with E-state index in [1.54, 1.807) is 29.0 Å². The minimum Gasteiger partial charge on any atom is -0.367 e. The Morgan fingerprint density at radius 2 is 2.15 bits per heavy atom. The third-order valence-electron chi connectivity index (χ3n) is 6.79. The van der Waals surface area contributed by atoms with Gasteiger partial charge in [0, 0.05) is 36.3 Å². The van der Waals surface area contributed by atoms with Gasteiger partial charge in [-0.3, -0.25) is 9.89 Å². The highest BCUT2D eigenvalue weighted by Gasteiger charge is 2.43. The Hall–Kier alpha value is -3.20. The van der Waals surface area contributed by atoms with E-state index in [9.17, 15) is 9.18 Å². The minimum absolute atomic E-state index is 0.0326. The number of aromatic amines is 1. The summed E-state index contributed by atoms with van der Waals surface area (Å²) < 4.78 is 30.3. The third-order valence-corrected chi connectivity index (χ3v) is 7.15. The SMILES string of the molecule is CN(c1c(F)c(Cl)c(-c2ccn3nc(NC(=O)[C@@H]4C[C@@H]4F)cc3c2)c2cn[nH]c12)C1CCC1. The fourth-order valence-corrected chi connectivity index (χ4v) is 4.83. The minimum atomic E-state index is -1.07. The van der Waals surface area contributed by atoms with Crippen LogP contribution in [0, 0.1) is 11.7 Å². The number of pyridine rings is 1. The van der Waals surface area contributed by atoms with Crippen molar-refractivity contribution < 1.29 is 13.6 Å². The number of benzene rings is 1. The molecule has 1 aromatic carbocycles. The van der Waals surface area contributed by atoms with Crippen LogP contribution in [0.3, 0.4) is 0 Å². The molecule has 3 aromatic heterocycles. The van der Waals surface area contributed by atoms with Crippen LogP contribution in [0.4, 0.5) is 20.3 Å². The zero-order valence-corrected chi connectivity index (χ0v) is 18.5. The van der Waals surface area contributed by atoms with Gasteiger partial charge in [0.2, 0.25) is 5.91 Å². The van der Waals surface area contributed by atoms with E-state index >= 15 is 4.39 Å². The van der Waals surface area contributed by atoms with Gasteiger partial charge >= 0.3 is 0 Å². The zero-order chi connectivity index (χ0) is 22.9. The first kappa shape index (κ1) is 20.4. The van der Waals surface area contributed by atoms with Crippen LogP contribution in [0.15, 0.2) is 30.6 Å². The number of carbonyl (C=O) groups excluding carboxylic acids is 1. The lowest BCUT2D eigenvalue weighted by Crippen LogP contribution is -2.37. The van der Waals surface area contributed by atoms with Crippen molar-refractivity contribution in [2.24, 2.45) is 5.92 Å². The number of hydrogen-bond donors (Lipinski definition) is 2. The Balaban J connectivity index is 1.41. The first-order chi connectivity index (χ1) is 15.9. The molecule has 33 heavy (non-hydrogen) atoms. The van der Waals surface area contributed by atoms with Crippen LogP contribution < -0.4 is 10.2 Å². The van der Waals surface area contributed by atoms with Crippen molar-refractivity contribution >= 4 is 45.4 Å². The summed E-state index contributed by atoms with van der Waals surface area (Å²) in [6, 6.07) is 5.58. The van der Waals surface area contributed by atoms with Gasteiger partial charge in [-0.15, -0.1) is 0 Å². The number of amides is 1. The molecule has 0 spiro atoms. The van der Waals surface area contributed by atoms with Gasteiger partial charge in [-0.25, -0.2) is 13.3 Å². The number of nitrogens with one attached hydrogen (secondary N) is 2. The van der Waals surface area contributed by atoms with E-state index in [4.69, 9.17) is 11.6 Å².